The molecule has 166 valence electrons. The van der Waals surface area contributed by atoms with Crippen LogP contribution in [0, 0.1) is 10.1 Å². The molecule has 0 fully saturated rings. The zero-order chi connectivity index (χ0) is 22.6. The van der Waals surface area contributed by atoms with Crippen molar-refractivity contribution in [1.82, 2.24) is 10.6 Å². The van der Waals surface area contributed by atoms with E-state index in [-0.39, 0.29) is 18.1 Å². The van der Waals surface area contributed by atoms with Gasteiger partial charge >= 0.3 is 0 Å². The molecule has 0 aliphatic heterocycles. The lowest BCUT2D eigenvalue weighted by atomic mass is 10.2. The number of carbonyl (C=O) groups excluding carboxylic acids is 2. The minimum atomic E-state index is -0.469. The molecule has 0 aromatic heterocycles. The van der Waals surface area contributed by atoms with Gasteiger partial charge < -0.3 is 25.4 Å². The monoisotopic (exact) mass is 430 g/mol. The highest BCUT2D eigenvalue weighted by Crippen LogP contribution is 2.28. The highest BCUT2D eigenvalue weighted by atomic mass is 16.6. The number of anilines is 1. The Morgan fingerprint density at radius 2 is 1.61 bits per heavy atom. The van der Waals surface area contributed by atoms with Gasteiger partial charge in [0.25, 0.3) is 11.6 Å². The van der Waals surface area contributed by atoms with Gasteiger partial charge in [0, 0.05) is 36.5 Å². The first-order chi connectivity index (χ1) is 14.9. The largest absolute Gasteiger partial charge is 0.490 e. The lowest BCUT2D eigenvalue weighted by molar-refractivity contribution is -0.384. The Hall–Kier alpha value is -3.82. The van der Waals surface area contributed by atoms with E-state index in [0.29, 0.717) is 49.1 Å². The Morgan fingerprint density at radius 1 is 0.935 bits per heavy atom. The molecule has 10 heteroatoms. The predicted molar refractivity (Wildman–Crippen MR) is 116 cm³/mol. The van der Waals surface area contributed by atoms with Gasteiger partial charge in [-0.3, -0.25) is 19.7 Å². The Bertz CT molecular complexity index is 901. The van der Waals surface area contributed by atoms with Gasteiger partial charge in [0.15, 0.2) is 11.5 Å². The third-order valence-electron chi connectivity index (χ3n) is 4.07. The molecule has 0 aliphatic carbocycles. The number of amides is 2. The minimum Gasteiger partial charge on any atom is -0.490 e. The Morgan fingerprint density at radius 3 is 2.26 bits per heavy atom. The summed E-state index contributed by atoms with van der Waals surface area (Å²) >= 11 is 0. The highest BCUT2D eigenvalue weighted by Gasteiger charge is 2.12. The van der Waals surface area contributed by atoms with E-state index in [1.807, 2.05) is 13.8 Å². The van der Waals surface area contributed by atoms with Crippen LogP contribution in [0.25, 0.3) is 0 Å². The standard InChI is InChI=1S/C21H26N4O6/c1-3-30-18-10-5-15(13-19(18)31-4-2)21(27)24-14-20(26)23-12-11-22-16-6-8-17(9-7-16)25(28)29/h5-10,13,22H,3-4,11-12,14H2,1-2H3,(H,23,26)(H,24,27). The molecule has 0 atom stereocenters. The van der Waals surface area contributed by atoms with Crippen molar-refractivity contribution >= 4 is 23.2 Å². The van der Waals surface area contributed by atoms with Crippen molar-refractivity contribution in [1.29, 1.82) is 0 Å². The number of hydrogen-bond acceptors (Lipinski definition) is 7. The van der Waals surface area contributed by atoms with Crippen molar-refractivity contribution in [3.05, 3.63) is 58.1 Å². The summed E-state index contributed by atoms with van der Waals surface area (Å²) in [6.07, 6.45) is 0. The van der Waals surface area contributed by atoms with Crippen LogP contribution in [0.5, 0.6) is 11.5 Å². The van der Waals surface area contributed by atoms with Crippen LogP contribution < -0.4 is 25.4 Å². The van der Waals surface area contributed by atoms with Crippen molar-refractivity contribution in [3.8, 4) is 11.5 Å². The second-order valence-corrected chi connectivity index (χ2v) is 6.29. The van der Waals surface area contributed by atoms with Crippen molar-refractivity contribution in [2.45, 2.75) is 13.8 Å². The fraction of sp³-hybridized carbons (Fsp3) is 0.333. The lowest BCUT2D eigenvalue weighted by Gasteiger charge is -2.12. The van der Waals surface area contributed by atoms with Crippen molar-refractivity contribution < 1.29 is 24.0 Å². The van der Waals surface area contributed by atoms with Gasteiger partial charge in [-0.05, 0) is 44.2 Å². The van der Waals surface area contributed by atoms with Crippen LogP contribution in [-0.4, -0.2) is 49.6 Å². The minimum absolute atomic E-state index is 0.00972. The van der Waals surface area contributed by atoms with E-state index >= 15 is 0 Å². The molecule has 0 unspecified atom stereocenters. The molecule has 0 saturated heterocycles. The molecule has 31 heavy (non-hydrogen) atoms. The molecule has 2 rings (SSSR count). The van der Waals surface area contributed by atoms with Crippen molar-refractivity contribution in [2.75, 3.05) is 38.2 Å². The third-order valence-corrected chi connectivity index (χ3v) is 4.07. The number of nitrogens with one attached hydrogen (secondary N) is 3. The topological polar surface area (TPSA) is 132 Å². The van der Waals surface area contributed by atoms with E-state index < -0.39 is 10.8 Å². The molecule has 0 spiro atoms. The summed E-state index contributed by atoms with van der Waals surface area (Å²) < 4.78 is 11.0. The fourth-order valence-electron chi connectivity index (χ4n) is 2.63. The number of ether oxygens (including phenoxy) is 2. The SMILES string of the molecule is CCOc1ccc(C(=O)NCC(=O)NCCNc2ccc([N+](=O)[O-])cc2)cc1OCC. The van der Waals surface area contributed by atoms with Gasteiger partial charge in [0.1, 0.15) is 0 Å². The Kier molecular flexibility index (Phi) is 9.09. The second kappa shape index (κ2) is 12.0. The van der Waals surface area contributed by atoms with Gasteiger partial charge in [0.05, 0.1) is 24.7 Å². The van der Waals surface area contributed by atoms with Crippen LogP contribution in [0.3, 0.4) is 0 Å². The quantitative estimate of drug-likeness (QED) is 0.267. The van der Waals surface area contributed by atoms with Crippen LogP contribution in [0.15, 0.2) is 42.5 Å². The molecule has 0 saturated carbocycles. The normalized spacial score (nSPS) is 10.1. The summed E-state index contributed by atoms with van der Waals surface area (Å²) in [6, 6.07) is 10.8. The van der Waals surface area contributed by atoms with Crippen molar-refractivity contribution in [3.63, 3.8) is 0 Å². The molecule has 2 aromatic carbocycles. The van der Waals surface area contributed by atoms with Crippen LogP contribution in [-0.2, 0) is 4.79 Å². The summed E-state index contributed by atoms with van der Waals surface area (Å²) in [5.74, 6) is 0.288. The molecule has 0 radical (unpaired) electrons. The van der Waals surface area contributed by atoms with Crippen LogP contribution in [0.4, 0.5) is 11.4 Å². The first-order valence-corrected chi connectivity index (χ1v) is 9.87. The van der Waals surface area contributed by atoms with Gasteiger partial charge in [-0.2, -0.15) is 0 Å². The number of non-ortho nitro benzene ring substituents is 1. The number of rotatable bonds is 12. The van der Waals surface area contributed by atoms with Crippen molar-refractivity contribution in [2.24, 2.45) is 0 Å². The number of nitro groups is 1. The first kappa shape index (κ1) is 23.5. The van der Waals surface area contributed by atoms with Crippen LogP contribution in [0.1, 0.15) is 24.2 Å². The maximum absolute atomic E-state index is 12.3. The van der Waals surface area contributed by atoms with E-state index in [1.54, 1.807) is 30.3 Å². The maximum Gasteiger partial charge on any atom is 0.269 e. The van der Waals surface area contributed by atoms with Crippen LogP contribution >= 0.6 is 0 Å². The third kappa shape index (κ3) is 7.50. The summed E-state index contributed by atoms with van der Waals surface area (Å²) in [4.78, 5) is 34.4. The molecule has 10 nitrogen and oxygen atoms in total. The smallest absolute Gasteiger partial charge is 0.269 e. The number of benzene rings is 2. The van der Waals surface area contributed by atoms with E-state index in [9.17, 15) is 19.7 Å². The second-order valence-electron chi connectivity index (χ2n) is 6.29. The van der Waals surface area contributed by atoms with E-state index in [1.165, 1.54) is 12.1 Å². The molecule has 0 aliphatic rings. The number of nitro benzene ring substituents is 1. The summed E-state index contributed by atoms with van der Waals surface area (Å²) in [6.45, 7) is 5.18. The number of nitrogens with zero attached hydrogens (tertiary/aromatic N) is 1. The Balaban J connectivity index is 1.74. The number of carbonyl (C=O) groups is 2. The maximum atomic E-state index is 12.3. The Labute approximate surface area is 180 Å². The average Bonchev–Trinajstić information content (AvgIpc) is 2.77. The van der Waals surface area contributed by atoms with Gasteiger partial charge in [-0.1, -0.05) is 0 Å². The van der Waals surface area contributed by atoms with Gasteiger partial charge in [-0.15, -0.1) is 0 Å². The molecule has 2 aromatic rings. The molecule has 0 bridgehead atoms. The average molecular weight is 430 g/mol. The molecule has 3 N–H and O–H groups in total. The van der Waals surface area contributed by atoms with E-state index in [0.717, 1.165) is 0 Å². The zero-order valence-corrected chi connectivity index (χ0v) is 17.5. The summed E-state index contributed by atoms with van der Waals surface area (Å²) in [7, 11) is 0. The molecule has 0 heterocycles. The predicted octanol–water partition coefficient (Wildman–Crippen LogP) is 2.35. The van der Waals surface area contributed by atoms with E-state index in [4.69, 9.17) is 9.47 Å². The first-order valence-electron chi connectivity index (χ1n) is 9.87. The summed E-state index contributed by atoms with van der Waals surface area (Å²) in [5, 5.41) is 18.9. The number of hydrogen-bond donors (Lipinski definition) is 3. The summed E-state index contributed by atoms with van der Waals surface area (Å²) in [5.41, 5.74) is 1.07. The van der Waals surface area contributed by atoms with E-state index in [2.05, 4.69) is 16.0 Å². The molecule has 2 amide bonds. The highest BCUT2D eigenvalue weighted by molar-refractivity contribution is 5.97. The van der Waals surface area contributed by atoms with Gasteiger partial charge in [0.2, 0.25) is 5.91 Å². The lowest BCUT2D eigenvalue weighted by Crippen LogP contribution is -2.38. The molecular formula is C21H26N4O6. The fourth-order valence-corrected chi connectivity index (χ4v) is 2.63. The molecular weight excluding hydrogens is 404 g/mol. The van der Waals surface area contributed by atoms with Crippen LogP contribution in [0.2, 0.25) is 0 Å². The zero-order valence-electron chi connectivity index (χ0n) is 17.5. The van der Waals surface area contributed by atoms with Gasteiger partial charge in [-0.25, -0.2) is 0 Å².